The van der Waals surface area contributed by atoms with Gasteiger partial charge in [0.25, 0.3) is 0 Å². The smallest absolute Gasteiger partial charge is 0.245 e. The molecule has 0 radical (unpaired) electrons. The third kappa shape index (κ3) is 6.07. The van der Waals surface area contributed by atoms with Gasteiger partial charge in [-0.2, -0.15) is 0 Å². The van der Waals surface area contributed by atoms with E-state index < -0.39 is 6.04 Å². The molecule has 6 heteroatoms. The zero-order valence-electron chi connectivity index (χ0n) is 21.6. The summed E-state index contributed by atoms with van der Waals surface area (Å²) in [5.74, 6) is 0.231. The molecule has 0 aliphatic carbocycles. The van der Waals surface area contributed by atoms with Crippen molar-refractivity contribution in [2.75, 3.05) is 13.1 Å². The number of para-hydroxylation sites is 1. The molecule has 0 spiro atoms. The zero-order valence-corrected chi connectivity index (χ0v) is 22.4. The minimum Gasteiger partial charge on any atom is -0.344 e. The number of nitrogens with one attached hydrogen (secondary N) is 1. The van der Waals surface area contributed by atoms with Crippen LogP contribution >= 0.6 is 11.6 Å². The van der Waals surface area contributed by atoms with Gasteiger partial charge in [-0.25, -0.2) is 0 Å². The number of piperidine rings is 1. The summed E-state index contributed by atoms with van der Waals surface area (Å²) < 4.78 is 0. The average Bonchev–Trinajstić information content (AvgIpc) is 2.85. The first-order chi connectivity index (χ1) is 17.1. The number of pyridine rings is 1. The number of likely N-dealkylation sites (tertiary alicyclic amines) is 1. The number of benzene rings is 2. The van der Waals surface area contributed by atoms with Crippen LogP contribution in [0.5, 0.6) is 0 Å². The van der Waals surface area contributed by atoms with Crippen molar-refractivity contribution >= 4 is 34.3 Å². The second-order valence-electron chi connectivity index (χ2n) is 10.9. The highest BCUT2D eigenvalue weighted by Crippen LogP contribution is 2.42. The van der Waals surface area contributed by atoms with Crippen molar-refractivity contribution in [3.63, 3.8) is 0 Å². The number of carbonyl (C=O) groups is 2. The third-order valence-corrected chi connectivity index (χ3v) is 7.58. The number of hydrogen-bond acceptors (Lipinski definition) is 3. The van der Waals surface area contributed by atoms with Crippen LogP contribution in [0, 0.1) is 11.3 Å². The van der Waals surface area contributed by atoms with Gasteiger partial charge in [0.15, 0.2) is 0 Å². The predicted octanol–water partition coefficient (Wildman–Crippen LogP) is 6.00. The minimum absolute atomic E-state index is 0.00246. The molecular weight excluding hydrogens is 470 g/mol. The Balaban J connectivity index is 1.37. The van der Waals surface area contributed by atoms with Crippen molar-refractivity contribution in [3.05, 3.63) is 76.9 Å². The molecule has 2 atom stereocenters. The summed E-state index contributed by atoms with van der Waals surface area (Å²) in [7, 11) is 0. The second-order valence-corrected chi connectivity index (χ2v) is 11.4. The maximum Gasteiger partial charge on any atom is 0.245 e. The Morgan fingerprint density at radius 3 is 2.50 bits per heavy atom. The van der Waals surface area contributed by atoms with Crippen molar-refractivity contribution < 1.29 is 9.59 Å². The van der Waals surface area contributed by atoms with Gasteiger partial charge >= 0.3 is 0 Å². The number of hydrogen-bond donors (Lipinski definition) is 1. The van der Waals surface area contributed by atoms with E-state index in [0.717, 1.165) is 28.0 Å². The highest BCUT2D eigenvalue weighted by molar-refractivity contribution is 6.30. The fourth-order valence-corrected chi connectivity index (χ4v) is 5.43. The highest BCUT2D eigenvalue weighted by atomic mass is 35.5. The normalized spacial score (nSPS) is 18.3. The Morgan fingerprint density at radius 2 is 1.81 bits per heavy atom. The molecule has 1 fully saturated rings. The summed E-state index contributed by atoms with van der Waals surface area (Å²) in [5.41, 5.74) is 2.97. The van der Waals surface area contributed by atoms with E-state index in [1.165, 1.54) is 5.56 Å². The van der Waals surface area contributed by atoms with E-state index in [2.05, 4.69) is 36.3 Å². The monoisotopic (exact) mass is 505 g/mol. The van der Waals surface area contributed by atoms with Gasteiger partial charge in [-0.3, -0.25) is 14.6 Å². The molecule has 2 heterocycles. The molecule has 4 rings (SSSR count). The lowest BCUT2D eigenvalue weighted by molar-refractivity contribution is -0.140. The van der Waals surface area contributed by atoms with Crippen LogP contribution in [-0.2, 0) is 16.0 Å². The third-order valence-electron chi connectivity index (χ3n) is 7.33. The molecule has 1 saturated heterocycles. The van der Waals surface area contributed by atoms with Crippen LogP contribution in [-0.4, -0.2) is 40.8 Å². The zero-order chi connectivity index (χ0) is 25.9. The number of rotatable bonds is 7. The molecule has 36 heavy (non-hydrogen) atoms. The summed E-state index contributed by atoms with van der Waals surface area (Å²) in [5, 5.41) is 4.84. The molecule has 1 N–H and O–H groups in total. The van der Waals surface area contributed by atoms with E-state index in [9.17, 15) is 9.59 Å². The van der Waals surface area contributed by atoms with E-state index in [0.29, 0.717) is 31.8 Å². The molecule has 2 amide bonds. The van der Waals surface area contributed by atoms with E-state index in [4.69, 9.17) is 11.6 Å². The van der Waals surface area contributed by atoms with Crippen LogP contribution in [0.3, 0.4) is 0 Å². The first-order valence-corrected chi connectivity index (χ1v) is 13.2. The van der Waals surface area contributed by atoms with Crippen LogP contribution in [0.15, 0.2) is 60.7 Å². The number of carbonyl (C=O) groups excluding carboxylic acids is 2. The predicted molar refractivity (Wildman–Crippen MR) is 146 cm³/mol. The van der Waals surface area contributed by atoms with Crippen molar-refractivity contribution in [1.82, 2.24) is 15.2 Å². The Morgan fingerprint density at radius 1 is 1.08 bits per heavy atom. The fourth-order valence-electron chi connectivity index (χ4n) is 5.30. The van der Waals surface area contributed by atoms with Gasteiger partial charge in [-0.15, -0.1) is 0 Å². The van der Waals surface area contributed by atoms with Gasteiger partial charge < -0.3 is 10.2 Å². The molecule has 190 valence electrons. The number of nitrogens with zero attached hydrogens (tertiary/aromatic N) is 2. The van der Waals surface area contributed by atoms with Crippen molar-refractivity contribution in [1.29, 1.82) is 0 Å². The van der Waals surface area contributed by atoms with Gasteiger partial charge in [0.2, 0.25) is 11.8 Å². The second kappa shape index (κ2) is 11.0. The summed E-state index contributed by atoms with van der Waals surface area (Å²) >= 11 is 6.08. The Labute approximate surface area is 219 Å². The number of aryl methyl sites for hydroxylation is 1. The van der Waals surface area contributed by atoms with Crippen molar-refractivity contribution in [3.8, 4) is 0 Å². The van der Waals surface area contributed by atoms with Gasteiger partial charge in [0, 0.05) is 35.6 Å². The Bertz CT molecular complexity index is 1220. The average molecular weight is 506 g/mol. The topological polar surface area (TPSA) is 62.3 Å². The molecule has 3 aromatic rings. The van der Waals surface area contributed by atoms with Crippen molar-refractivity contribution in [2.45, 2.75) is 58.9 Å². The number of halogens is 1. The minimum atomic E-state index is -0.537. The SMILES string of the molecule is CC(C)[C@@H](NC(=O)CCc1ccc2ccccc2n1)C(=O)N1CCC(c2ccc(Cl)cc2)C(C)(C)C1. The van der Waals surface area contributed by atoms with Crippen molar-refractivity contribution in [2.24, 2.45) is 11.3 Å². The number of fused-ring (bicyclic) bond motifs is 1. The lowest BCUT2D eigenvalue weighted by Gasteiger charge is -2.45. The van der Waals surface area contributed by atoms with Gasteiger partial charge in [-0.05, 0) is 59.9 Å². The molecule has 1 aliphatic heterocycles. The molecule has 1 aromatic heterocycles. The Hall–Kier alpha value is -2.92. The molecule has 0 bridgehead atoms. The van der Waals surface area contributed by atoms with E-state index in [1.54, 1.807) is 0 Å². The molecular formula is C30H36ClN3O2. The number of aromatic nitrogens is 1. The lowest BCUT2D eigenvalue weighted by Crippen LogP contribution is -2.55. The van der Waals surface area contributed by atoms with Gasteiger partial charge in [0.05, 0.1) is 5.52 Å². The van der Waals surface area contributed by atoms with E-state index >= 15 is 0 Å². The van der Waals surface area contributed by atoms with Gasteiger partial charge in [-0.1, -0.05) is 75.7 Å². The molecule has 2 aromatic carbocycles. The first kappa shape index (κ1) is 26.2. The van der Waals surface area contributed by atoms with Crippen LogP contribution in [0.2, 0.25) is 5.02 Å². The summed E-state index contributed by atoms with van der Waals surface area (Å²) in [6, 6.07) is 19.5. The largest absolute Gasteiger partial charge is 0.344 e. The van der Waals surface area contributed by atoms with E-state index in [-0.39, 0.29) is 23.1 Å². The summed E-state index contributed by atoms with van der Waals surface area (Å²) in [6.07, 6.45) is 1.72. The molecule has 0 saturated carbocycles. The Kier molecular flexibility index (Phi) is 7.99. The fraction of sp³-hybridized carbons (Fsp3) is 0.433. The number of amides is 2. The molecule has 1 unspecified atom stereocenters. The molecule has 5 nitrogen and oxygen atoms in total. The van der Waals surface area contributed by atoms with Crippen LogP contribution < -0.4 is 5.32 Å². The quantitative estimate of drug-likeness (QED) is 0.428. The summed E-state index contributed by atoms with van der Waals surface area (Å²) in [6.45, 7) is 9.73. The summed E-state index contributed by atoms with van der Waals surface area (Å²) in [4.78, 5) is 33.0. The van der Waals surface area contributed by atoms with Crippen LogP contribution in [0.1, 0.15) is 57.7 Å². The lowest BCUT2D eigenvalue weighted by atomic mass is 9.70. The van der Waals surface area contributed by atoms with E-state index in [1.807, 2.05) is 67.3 Å². The maximum atomic E-state index is 13.6. The van der Waals surface area contributed by atoms with Gasteiger partial charge in [0.1, 0.15) is 6.04 Å². The standard InChI is InChI=1S/C30H36ClN3O2/c1-20(2)28(33-27(35)16-15-24-14-11-22-7-5-6-8-26(22)32-24)29(36)34-18-17-25(30(3,4)19-34)21-9-12-23(31)13-10-21/h5-14,20,25,28H,15-19H2,1-4H3,(H,33,35)/t25?,28-/m1/s1. The maximum absolute atomic E-state index is 13.6. The highest BCUT2D eigenvalue weighted by Gasteiger charge is 2.40. The first-order valence-electron chi connectivity index (χ1n) is 12.8. The van der Waals surface area contributed by atoms with Crippen LogP contribution in [0.25, 0.3) is 10.9 Å². The molecule has 1 aliphatic rings. The van der Waals surface area contributed by atoms with Crippen LogP contribution in [0.4, 0.5) is 0 Å².